The van der Waals surface area contributed by atoms with E-state index in [1.54, 1.807) is 12.1 Å². The van der Waals surface area contributed by atoms with Crippen LogP contribution in [-0.2, 0) is 34.6 Å². The zero-order valence-corrected chi connectivity index (χ0v) is 32.3. The molecule has 19 heteroatoms. The number of hydrogen-bond acceptors (Lipinski definition) is 11. The van der Waals surface area contributed by atoms with E-state index >= 15 is 0 Å². The standard InChI is InChI=1S/C36H44N6O11S2/c1-5-36(2,3)35(46)41-17-16-28(44)40-19-18-39-27(43)11-8-20-42(4)34(45)22-10-7-6-9-21(22)29-23-12-14-25(37)32(54(47,48)49)30(23)53-31-24(29)13-15-26(38)33(31)55(50,51)52/h6-7,9-10,12-15,37H,5,8,11,16-20,38H2,1-4H3,(H,39,43)(H,40,44)(H,41,46)(H,47,48,49)(H,50,51,52). The molecule has 2 aromatic carbocycles. The van der Waals surface area contributed by atoms with Gasteiger partial charge in [0, 0.05) is 73.6 Å². The number of nitrogens with two attached hydrogens (primary N) is 1. The molecule has 4 amide bonds. The van der Waals surface area contributed by atoms with Gasteiger partial charge in [-0.15, -0.1) is 0 Å². The van der Waals surface area contributed by atoms with E-state index in [1.807, 2.05) is 20.8 Å². The lowest BCUT2D eigenvalue weighted by Crippen LogP contribution is -2.39. The Labute approximate surface area is 318 Å². The normalized spacial score (nSPS) is 12.0. The number of benzene rings is 3. The minimum Gasteiger partial charge on any atom is -0.453 e. The van der Waals surface area contributed by atoms with Crippen LogP contribution in [0, 0.1) is 10.8 Å². The van der Waals surface area contributed by atoms with Gasteiger partial charge in [0.25, 0.3) is 26.1 Å². The highest BCUT2D eigenvalue weighted by Gasteiger charge is 2.32. The molecule has 4 rings (SSSR count). The van der Waals surface area contributed by atoms with Crippen LogP contribution in [0.5, 0.6) is 0 Å². The molecule has 0 radical (unpaired) electrons. The van der Waals surface area contributed by atoms with Crippen LogP contribution in [0.1, 0.15) is 56.8 Å². The SMILES string of the molecule is CCC(C)(C)C(=O)NCCC(=O)NCCNC(=O)CCCN(C)C(=O)c1ccccc1-c1c2ccc(=N)c(S(=O)(=O)O)c-2oc2c(S(=O)(=O)O)c(N)ccc12. The minimum absolute atomic E-state index is 0.00638. The van der Waals surface area contributed by atoms with Gasteiger partial charge in [-0.2, -0.15) is 16.8 Å². The number of carbonyl (C=O) groups is 4. The Balaban J connectivity index is 1.50. The average molecular weight is 801 g/mol. The lowest BCUT2D eigenvalue weighted by Gasteiger charge is -2.22. The predicted molar refractivity (Wildman–Crippen MR) is 202 cm³/mol. The second-order valence-electron chi connectivity index (χ2n) is 13.4. The van der Waals surface area contributed by atoms with Gasteiger partial charge in [0.15, 0.2) is 21.1 Å². The van der Waals surface area contributed by atoms with Gasteiger partial charge in [-0.1, -0.05) is 39.0 Å². The number of hydrogen-bond donors (Lipinski definition) is 7. The molecule has 8 N–H and O–H groups in total. The molecule has 0 aromatic heterocycles. The minimum atomic E-state index is -5.13. The van der Waals surface area contributed by atoms with Crippen LogP contribution in [0.15, 0.2) is 62.7 Å². The molecule has 0 atom stereocenters. The van der Waals surface area contributed by atoms with Gasteiger partial charge in [0.1, 0.15) is 0 Å². The van der Waals surface area contributed by atoms with E-state index in [9.17, 15) is 45.1 Å². The Morgan fingerprint density at radius 3 is 2.07 bits per heavy atom. The summed E-state index contributed by atoms with van der Waals surface area (Å²) in [7, 11) is -8.70. The fourth-order valence-electron chi connectivity index (χ4n) is 5.74. The summed E-state index contributed by atoms with van der Waals surface area (Å²) in [6, 6.07) is 11.1. The predicted octanol–water partition coefficient (Wildman–Crippen LogP) is 2.79. The summed E-state index contributed by atoms with van der Waals surface area (Å²) in [5.41, 5.74) is 4.70. The first-order valence-corrected chi connectivity index (χ1v) is 20.0. The van der Waals surface area contributed by atoms with Crippen LogP contribution >= 0.6 is 0 Å². The van der Waals surface area contributed by atoms with Gasteiger partial charge < -0.3 is 31.0 Å². The lowest BCUT2D eigenvalue weighted by atomic mass is 9.89. The van der Waals surface area contributed by atoms with Crippen LogP contribution in [0.2, 0.25) is 0 Å². The topological polar surface area (TPSA) is 279 Å². The maximum Gasteiger partial charge on any atom is 0.300 e. The van der Waals surface area contributed by atoms with Crippen LogP contribution in [0.25, 0.3) is 33.4 Å². The summed E-state index contributed by atoms with van der Waals surface area (Å²) < 4.78 is 75.8. The molecule has 2 aliphatic rings. The summed E-state index contributed by atoms with van der Waals surface area (Å²) in [4.78, 5) is 50.1. The quantitative estimate of drug-likeness (QED) is 0.0373. The van der Waals surface area contributed by atoms with Crippen molar-refractivity contribution in [3.63, 3.8) is 0 Å². The van der Waals surface area contributed by atoms with E-state index in [1.165, 1.54) is 42.3 Å². The maximum absolute atomic E-state index is 13.9. The van der Waals surface area contributed by atoms with Crippen LogP contribution in [-0.4, -0.2) is 87.7 Å². The first-order chi connectivity index (χ1) is 25.7. The summed E-state index contributed by atoms with van der Waals surface area (Å²) in [5, 5.41) is 15.6. The number of fused-ring (bicyclic) bond motifs is 2. The Morgan fingerprint density at radius 2 is 1.45 bits per heavy atom. The van der Waals surface area contributed by atoms with Crippen molar-refractivity contribution in [1.82, 2.24) is 20.9 Å². The van der Waals surface area contributed by atoms with Gasteiger partial charge in [-0.3, -0.25) is 33.7 Å². The Morgan fingerprint density at radius 1 is 0.836 bits per heavy atom. The third kappa shape index (κ3) is 9.85. The highest BCUT2D eigenvalue weighted by molar-refractivity contribution is 7.86. The molecule has 0 bridgehead atoms. The van der Waals surface area contributed by atoms with E-state index in [4.69, 9.17) is 15.6 Å². The summed E-state index contributed by atoms with van der Waals surface area (Å²) in [6.45, 7) is 6.21. The fourth-order valence-corrected chi connectivity index (χ4v) is 7.22. The largest absolute Gasteiger partial charge is 0.453 e. The lowest BCUT2D eigenvalue weighted by molar-refractivity contribution is -0.129. The van der Waals surface area contributed by atoms with E-state index in [-0.39, 0.29) is 90.8 Å². The van der Waals surface area contributed by atoms with Crippen molar-refractivity contribution >= 4 is 60.5 Å². The van der Waals surface area contributed by atoms with Gasteiger partial charge in [0.05, 0.1) is 11.0 Å². The monoisotopic (exact) mass is 800 g/mol. The number of nitrogens with zero attached hydrogens (tertiary/aromatic N) is 1. The number of carbonyl (C=O) groups excluding carboxylic acids is 4. The molecule has 0 saturated carbocycles. The molecule has 17 nitrogen and oxygen atoms in total. The van der Waals surface area contributed by atoms with Gasteiger partial charge in [0.2, 0.25) is 17.7 Å². The van der Waals surface area contributed by atoms with E-state index in [0.717, 1.165) is 6.07 Å². The molecule has 0 saturated heterocycles. The van der Waals surface area contributed by atoms with Gasteiger partial charge in [-0.25, -0.2) is 0 Å². The third-order valence-electron chi connectivity index (χ3n) is 9.09. The van der Waals surface area contributed by atoms with Gasteiger partial charge in [-0.05, 0) is 48.7 Å². The average Bonchev–Trinajstić information content (AvgIpc) is 3.10. The van der Waals surface area contributed by atoms with E-state index in [2.05, 4.69) is 16.0 Å². The zero-order chi connectivity index (χ0) is 40.9. The first-order valence-electron chi connectivity index (χ1n) is 17.2. The highest BCUT2D eigenvalue weighted by atomic mass is 32.2. The smallest absolute Gasteiger partial charge is 0.300 e. The molecule has 0 spiro atoms. The number of nitrogen functional groups attached to an aromatic ring is 1. The summed E-state index contributed by atoms with van der Waals surface area (Å²) >= 11 is 0. The fraction of sp³-hybridized carbons (Fsp3) is 0.361. The first kappa shape index (κ1) is 42.4. The van der Waals surface area contributed by atoms with Crippen molar-refractivity contribution in [3.8, 4) is 22.5 Å². The third-order valence-corrected chi connectivity index (χ3v) is 10.9. The Kier molecular flexibility index (Phi) is 13.1. The van der Waals surface area contributed by atoms with Crippen LogP contribution in [0.4, 0.5) is 5.69 Å². The molecule has 1 aliphatic carbocycles. The highest BCUT2D eigenvalue weighted by Crippen LogP contribution is 2.45. The van der Waals surface area contributed by atoms with Crippen molar-refractivity contribution in [1.29, 1.82) is 5.41 Å². The number of rotatable bonds is 16. The summed E-state index contributed by atoms with van der Waals surface area (Å²) in [5.74, 6) is -1.86. The molecule has 2 aromatic rings. The van der Waals surface area contributed by atoms with E-state index in [0.29, 0.717) is 6.42 Å². The molecule has 1 heterocycles. The Hall–Kier alpha value is -5.37. The zero-order valence-electron chi connectivity index (χ0n) is 30.7. The number of amides is 4. The number of nitrogens with one attached hydrogen (secondary N) is 4. The molecule has 296 valence electrons. The molecule has 1 aliphatic heterocycles. The van der Waals surface area contributed by atoms with Gasteiger partial charge >= 0.3 is 0 Å². The molecule has 0 fully saturated rings. The maximum atomic E-state index is 13.9. The number of anilines is 1. The van der Waals surface area contributed by atoms with Crippen molar-refractivity contribution in [2.24, 2.45) is 5.41 Å². The van der Waals surface area contributed by atoms with Crippen LogP contribution < -0.4 is 27.0 Å². The van der Waals surface area contributed by atoms with Crippen molar-refractivity contribution in [3.05, 3.63) is 59.5 Å². The molecular weight excluding hydrogens is 757 g/mol. The Bertz CT molecular complexity index is 2390. The second kappa shape index (κ2) is 17.0. The molecule has 0 unspecified atom stereocenters. The van der Waals surface area contributed by atoms with Crippen molar-refractivity contribution in [2.45, 2.75) is 56.2 Å². The second-order valence-corrected chi connectivity index (χ2v) is 16.1. The molecule has 55 heavy (non-hydrogen) atoms. The van der Waals surface area contributed by atoms with E-state index < -0.39 is 63.7 Å². The van der Waals surface area contributed by atoms with Crippen LogP contribution in [0.3, 0.4) is 0 Å². The van der Waals surface area contributed by atoms with Crippen molar-refractivity contribution in [2.75, 3.05) is 39.0 Å². The summed E-state index contributed by atoms with van der Waals surface area (Å²) in [6.07, 6.45) is 1.06. The van der Waals surface area contributed by atoms with Crippen molar-refractivity contribution < 1.29 is 49.5 Å². The molecular formula is C36H44N6O11S2.